The molecule has 144 valence electrons. The van der Waals surface area contributed by atoms with E-state index in [0.717, 1.165) is 23.2 Å². The highest BCUT2D eigenvalue weighted by atomic mass is 35.5. The molecule has 3 rings (SSSR count). The molecule has 0 spiro atoms. The van der Waals surface area contributed by atoms with Gasteiger partial charge in [-0.3, -0.25) is 4.79 Å². The average Bonchev–Trinajstić information content (AvgIpc) is 2.73. The van der Waals surface area contributed by atoms with Crippen molar-refractivity contribution >= 4 is 23.3 Å². The average molecular weight is 396 g/mol. The van der Waals surface area contributed by atoms with Gasteiger partial charge in [0.2, 0.25) is 0 Å². The second kappa shape index (κ2) is 9.99. The van der Waals surface area contributed by atoms with Gasteiger partial charge in [-0.25, -0.2) is 4.98 Å². The van der Waals surface area contributed by atoms with Crippen molar-refractivity contribution in [1.29, 1.82) is 0 Å². The zero-order valence-electron chi connectivity index (χ0n) is 15.6. The summed E-state index contributed by atoms with van der Waals surface area (Å²) in [7, 11) is 1.67. The highest BCUT2D eigenvalue weighted by Crippen LogP contribution is 2.30. The molecule has 0 aliphatic rings. The number of anilines is 1. The Morgan fingerprint density at radius 1 is 1.07 bits per heavy atom. The number of carbonyl (C=O) groups is 1. The van der Waals surface area contributed by atoms with Gasteiger partial charge in [0.25, 0.3) is 5.91 Å². The van der Waals surface area contributed by atoms with E-state index in [4.69, 9.17) is 16.3 Å². The zero-order valence-corrected chi connectivity index (χ0v) is 16.4. The molecule has 0 aliphatic carbocycles. The maximum Gasteiger partial charge on any atom is 0.258 e. The van der Waals surface area contributed by atoms with Gasteiger partial charge in [0.15, 0.2) is 0 Å². The molecule has 2 N–H and O–H groups in total. The van der Waals surface area contributed by atoms with E-state index in [1.165, 1.54) is 0 Å². The molecular weight excluding hydrogens is 374 g/mol. The molecule has 1 aromatic heterocycles. The number of halogens is 1. The van der Waals surface area contributed by atoms with Crippen LogP contribution in [0.5, 0.6) is 0 Å². The van der Waals surface area contributed by atoms with E-state index < -0.39 is 0 Å². The minimum atomic E-state index is -0.291. The van der Waals surface area contributed by atoms with Gasteiger partial charge in [0, 0.05) is 32.0 Å². The summed E-state index contributed by atoms with van der Waals surface area (Å²) in [5.74, 6) is 0.188. The Bertz CT molecular complexity index is 915. The summed E-state index contributed by atoms with van der Waals surface area (Å²) in [5.41, 5.74) is 3.22. The lowest BCUT2D eigenvalue weighted by Crippen LogP contribution is -2.19. The molecule has 0 atom stereocenters. The third-order valence-corrected chi connectivity index (χ3v) is 4.61. The van der Waals surface area contributed by atoms with Gasteiger partial charge in [0.05, 0.1) is 17.2 Å². The monoisotopic (exact) mass is 395 g/mol. The molecule has 0 aliphatic heterocycles. The fraction of sp³-hybridized carbons (Fsp3) is 0.182. The summed E-state index contributed by atoms with van der Waals surface area (Å²) >= 11 is 6.51. The third-order valence-electron chi connectivity index (χ3n) is 4.21. The lowest BCUT2D eigenvalue weighted by atomic mass is 10.0. The van der Waals surface area contributed by atoms with Crippen molar-refractivity contribution in [3.05, 3.63) is 83.0 Å². The molecule has 1 heterocycles. The van der Waals surface area contributed by atoms with Gasteiger partial charge in [-0.1, -0.05) is 60.1 Å². The molecule has 0 saturated heterocycles. The Balaban J connectivity index is 1.68. The topological polar surface area (TPSA) is 63.2 Å². The number of benzene rings is 2. The van der Waals surface area contributed by atoms with Gasteiger partial charge >= 0.3 is 0 Å². The first-order valence-electron chi connectivity index (χ1n) is 8.99. The van der Waals surface area contributed by atoms with E-state index in [1.807, 2.05) is 48.5 Å². The van der Waals surface area contributed by atoms with Crippen LogP contribution in [0, 0.1) is 0 Å². The molecule has 1 amide bonds. The molecule has 0 radical (unpaired) electrons. The van der Waals surface area contributed by atoms with E-state index in [-0.39, 0.29) is 5.91 Å². The lowest BCUT2D eigenvalue weighted by Gasteiger charge is -2.11. The number of aromatic nitrogens is 1. The van der Waals surface area contributed by atoms with Crippen LogP contribution < -0.4 is 10.6 Å². The number of ether oxygens (including phenoxy) is 1. The van der Waals surface area contributed by atoms with Crippen molar-refractivity contribution in [2.75, 3.05) is 25.6 Å². The first-order chi connectivity index (χ1) is 13.7. The van der Waals surface area contributed by atoms with Crippen LogP contribution >= 0.6 is 11.6 Å². The number of nitrogens with one attached hydrogen (secondary N) is 2. The fourth-order valence-corrected chi connectivity index (χ4v) is 3.06. The SMILES string of the molecule is COCCNCc1ccc(NC(=O)c2cccc(-c3ccccc3)c2Cl)nc1. The standard InChI is InChI=1S/C22H22ClN3O2/c1-28-13-12-24-14-16-10-11-20(25-15-16)26-22(27)19-9-5-8-18(21(19)23)17-6-3-2-4-7-17/h2-11,15,24H,12-14H2,1H3,(H,25,26,27). The Hall–Kier alpha value is -2.73. The number of hydrogen-bond acceptors (Lipinski definition) is 4. The van der Waals surface area contributed by atoms with Gasteiger partial charge in [-0.05, 0) is 23.3 Å². The number of amides is 1. The molecule has 5 nitrogen and oxygen atoms in total. The zero-order chi connectivity index (χ0) is 19.8. The molecule has 0 fully saturated rings. The summed E-state index contributed by atoms with van der Waals surface area (Å²) in [5, 5.41) is 6.48. The smallest absolute Gasteiger partial charge is 0.258 e. The number of nitrogens with zero attached hydrogens (tertiary/aromatic N) is 1. The minimum Gasteiger partial charge on any atom is -0.383 e. The van der Waals surface area contributed by atoms with Crippen LogP contribution in [0.25, 0.3) is 11.1 Å². The van der Waals surface area contributed by atoms with E-state index in [2.05, 4.69) is 15.6 Å². The van der Waals surface area contributed by atoms with Gasteiger partial charge < -0.3 is 15.4 Å². The molecule has 28 heavy (non-hydrogen) atoms. The van der Waals surface area contributed by atoms with Crippen molar-refractivity contribution in [2.24, 2.45) is 0 Å². The van der Waals surface area contributed by atoms with Crippen LogP contribution in [-0.4, -0.2) is 31.2 Å². The van der Waals surface area contributed by atoms with Crippen molar-refractivity contribution in [3.8, 4) is 11.1 Å². The Morgan fingerprint density at radius 2 is 1.89 bits per heavy atom. The second-order valence-corrected chi connectivity index (χ2v) is 6.59. The second-order valence-electron chi connectivity index (χ2n) is 6.21. The highest BCUT2D eigenvalue weighted by molar-refractivity contribution is 6.37. The maximum absolute atomic E-state index is 12.7. The van der Waals surface area contributed by atoms with E-state index in [1.54, 1.807) is 25.4 Å². The Kier molecular flexibility index (Phi) is 7.14. The number of carbonyl (C=O) groups excluding carboxylic acids is 1. The van der Waals surface area contributed by atoms with Crippen LogP contribution in [-0.2, 0) is 11.3 Å². The Labute approximate surface area is 169 Å². The predicted octanol–water partition coefficient (Wildman–Crippen LogP) is 4.39. The van der Waals surface area contributed by atoms with Gasteiger partial charge in [0.1, 0.15) is 5.82 Å². The highest BCUT2D eigenvalue weighted by Gasteiger charge is 2.15. The van der Waals surface area contributed by atoms with Crippen LogP contribution in [0.4, 0.5) is 5.82 Å². The van der Waals surface area contributed by atoms with Crippen molar-refractivity contribution in [3.63, 3.8) is 0 Å². The first-order valence-corrected chi connectivity index (χ1v) is 9.36. The summed E-state index contributed by atoms with van der Waals surface area (Å²) in [4.78, 5) is 17.0. The summed E-state index contributed by atoms with van der Waals surface area (Å²) in [6.07, 6.45) is 1.73. The summed E-state index contributed by atoms with van der Waals surface area (Å²) in [6.45, 7) is 2.12. The van der Waals surface area contributed by atoms with Gasteiger partial charge in [-0.15, -0.1) is 0 Å². The third kappa shape index (κ3) is 5.16. The number of methoxy groups -OCH3 is 1. The van der Waals surface area contributed by atoms with Gasteiger partial charge in [-0.2, -0.15) is 0 Å². The van der Waals surface area contributed by atoms with Crippen LogP contribution in [0.15, 0.2) is 66.9 Å². The molecule has 0 bridgehead atoms. The van der Waals surface area contributed by atoms with E-state index in [0.29, 0.717) is 29.6 Å². The summed E-state index contributed by atoms with van der Waals surface area (Å²) in [6, 6.07) is 18.9. The minimum absolute atomic E-state index is 0.291. The number of rotatable bonds is 8. The number of hydrogen-bond donors (Lipinski definition) is 2. The maximum atomic E-state index is 12.7. The Morgan fingerprint density at radius 3 is 2.61 bits per heavy atom. The fourth-order valence-electron chi connectivity index (χ4n) is 2.74. The lowest BCUT2D eigenvalue weighted by molar-refractivity contribution is 0.102. The molecule has 0 unspecified atom stereocenters. The summed E-state index contributed by atoms with van der Waals surface area (Å²) < 4.78 is 4.99. The van der Waals surface area contributed by atoms with Crippen LogP contribution in [0.3, 0.4) is 0 Å². The molecule has 3 aromatic rings. The quantitative estimate of drug-likeness (QED) is 0.555. The number of pyridine rings is 1. The van der Waals surface area contributed by atoms with Crippen molar-refractivity contribution < 1.29 is 9.53 Å². The normalized spacial score (nSPS) is 10.6. The molecule has 2 aromatic carbocycles. The van der Waals surface area contributed by atoms with Crippen molar-refractivity contribution in [1.82, 2.24) is 10.3 Å². The van der Waals surface area contributed by atoms with Crippen molar-refractivity contribution in [2.45, 2.75) is 6.54 Å². The first kappa shape index (κ1) is 20.0. The van der Waals surface area contributed by atoms with E-state index >= 15 is 0 Å². The molecule has 0 saturated carbocycles. The largest absolute Gasteiger partial charge is 0.383 e. The van der Waals surface area contributed by atoms with E-state index in [9.17, 15) is 4.79 Å². The molecule has 6 heteroatoms. The van der Waals surface area contributed by atoms with Crippen LogP contribution in [0.1, 0.15) is 15.9 Å². The molecular formula is C22H22ClN3O2. The predicted molar refractivity (Wildman–Crippen MR) is 113 cm³/mol. The van der Waals surface area contributed by atoms with Crippen LogP contribution in [0.2, 0.25) is 5.02 Å².